The number of rotatable bonds is 12. The number of carbonyl (C=O) groups excluding carboxylic acids is 2. The van der Waals surface area contributed by atoms with Gasteiger partial charge in [0, 0.05) is 64.7 Å². The Morgan fingerprint density at radius 2 is 1.67 bits per heavy atom. The molecule has 0 spiro atoms. The zero-order valence-corrected chi connectivity index (χ0v) is 30.5. The van der Waals surface area contributed by atoms with Gasteiger partial charge in [0.2, 0.25) is 0 Å². The van der Waals surface area contributed by atoms with Crippen LogP contribution in [0.5, 0.6) is 5.75 Å². The molecule has 2 fully saturated rings. The molecule has 2 aliphatic rings. The van der Waals surface area contributed by atoms with Gasteiger partial charge >= 0.3 is 5.97 Å². The number of methoxy groups -OCH3 is 1. The van der Waals surface area contributed by atoms with E-state index in [2.05, 4.69) is 32.0 Å². The van der Waals surface area contributed by atoms with Gasteiger partial charge in [-0.2, -0.15) is 0 Å². The molecule has 13 nitrogen and oxygen atoms in total. The van der Waals surface area contributed by atoms with E-state index in [-0.39, 0.29) is 9.77 Å². The Hall–Kier alpha value is -4.54. The van der Waals surface area contributed by atoms with Crippen LogP contribution in [0.1, 0.15) is 20.0 Å². The number of hydrogen-bond donors (Lipinski definition) is 1. The molecule has 0 bridgehead atoms. The Morgan fingerprint density at radius 1 is 0.961 bits per heavy atom. The van der Waals surface area contributed by atoms with Gasteiger partial charge in [-0.3, -0.25) is 14.0 Å². The Morgan fingerprint density at radius 3 is 2.35 bits per heavy atom. The molecule has 1 N–H and O–H groups in total. The maximum atomic E-state index is 14.3. The number of ether oxygens (including phenoxy) is 3. The minimum atomic E-state index is -4.18. The molecule has 0 unspecified atom stereocenters. The molecule has 4 aromatic rings. The lowest BCUT2D eigenvalue weighted by molar-refractivity contribution is 0.0322. The van der Waals surface area contributed by atoms with Gasteiger partial charge in [0.1, 0.15) is 23.1 Å². The Balaban J connectivity index is 1.25. The summed E-state index contributed by atoms with van der Waals surface area (Å²) in [5, 5.41) is 2.90. The van der Waals surface area contributed by atoms with Crippen molar-refractivity contribution in [2.45, 2.75) is 4.90 Å². The topological polar surface area (TPSA) is 134 Å². The van der Waals surface area contributed by atoms with E-state index in [4.69, 9.17) is 14.2 Å². The number of hydrogen-bond acceptors (Lipinski definition) is 12. The van der Waals surface area contributed by atoms with E-state index >= 15 is 0 Å². The van der Waals surface area contributed by atoms with Crippen LogP contribution in [0.25, 0.3) is 10.4 Å². The lowest BCUT2D eigenvalue weighted by atomic mass is 10.2. The zero-order valence-electron chi connectivity index (χ0n) is 28.9. The van der Waals surface area contributed by atoms with Gasteiger partial charge in [0.25, 0.3) is 15.9 Å². The van der Waals surface area contributed by atoms with Crippen molar-refractivity contribution in [3.05, 3.63) is 83.4 Å². The molecule has 2 aromatic carbocycles. The number of aromatic nitrogens is 1. The quantitative estimate of drug-likeness (QED) is 0.211. The molecule has 0 atom stereocenters. The maximum absolute atomic E-state index is 14.3. The fourth-order valence-electron chi connectivity index (χ4n) is 5.80. The summed E-state index contributed by atoms with van der Waals surface area (Å²) in [6, 6.07) is 18.2. The minimum Gasteiger partial charge on any atom is -0.492 e. The molecule has 0 radical (unpaired) electrons. The van der Waals surface area contributed by atoms with Crippen LogP contribution in [-0.4, -0.2) is 122 Å². The molecule has 2 saturated heterocycles. The maximum Gasteiger partial charge on any atom is 0.337 e. The molecule has 4 heterocycles. The highest BCUT2D eigenvalue weighted by atomic mass is 32.2. The molecule has 0 aliphatic carbocycles. The van der Waals surface area contributed by atoms with E-state index in [1.54, 1.807) is 36.5 Å². The fourth-order valence-corrected chi connectivity index (χ4v) is 8.58. The number of carbonyl (C=O) groups is 2. The fraction of sp³-hybridized carbons (Fsp3) is 0.361. The van der Waals surface area contributed by atoms with Crippen LogP contribution >= 0.6 is 11.3 Å². The van der Waals surface area contributed by atoms with E-state index in [0.717, 1.165) is 80.5 Å². The number of benzene rings is 2. The van der Waals surface area contributed by atoms with Crippen molar-refractivity contribution >= 4 is 50.4 Å². The van der Waals surface area contributed by atoms with Gasteiger partial charge in [0.05, 0.1) is 41.3 Å². The number of esters is 1. The van der Waals surface area contributed by atoms with E-state index in [1.165, 1.54) is 44.5 Å². The summed E-state index contributed by atoms with van der Waals surface area (Å²) in [6.07, 6.45) is 1.67. The SMILES string of the molecule is COC(=O)c1ccc(N(C)S(=O)(=O)c2cc(C(=O)Nc3ccc(OCCN4CCOCC4)cc3)sc2-c2ccnc(N3CCN(C)CC3)c2)cc1. The van der Waals surface area contributed by atoms with Gasteiger partial charge in [0.15, 0.2) is 0 Å². The number of sulfonamides is 1. The second kappa shape index (κ2) is 16.2. The smallest absolute Gasteiger partial charge is 0.337 e. The summed E-state index contributed by atoms with van der Waals surface area (Å²) in [6.45, 7) is 7.93. The highest BCUT2D eigenvalue weighted by molar-refractivity contribution is 7.93. The van der Waals surface area contributed by atoms with Gasteiger partial charge in [-0.05, 0) is 79.3 Å². The Bertz CT molecular complexity index is 1920. The first kappa shape index (κ1) is 36.3. The number of likely N-dealkylation sites (N-methyl/N-ethyl adjacent to an activating group) is 1. The molecule has 270 valence electrons. The van der Waals surface area contributed by atoms with Gasteiger partial charge in [-0.1, -0.05) is 0 Å². The normalized spacial score (nSPS) is 15.7. The number of amides is 1. The zero-order chi connectivity index (χ0) is 36.0. The average Bonchev–Trinajstić information content (AvgIpc) is 3.63. The van der Waals surface area contributed by atoms with E-state index in [9.17, 15) is 18.0 Å². The van der Waals surface area contributed by atoms with Gasteiger partial charge in [-0.25, -0.2) is 18.2 Å². The second-order valence-electron chi connectivity index (χ2n) is 12.3. The second-order valence-corrected chi connectivity index (χ2v) is 15.3. The van der Waals surface area contributed by atoms with Crippen LogP contribution in [0, 0.1) is 0 Å². The number of piperazine rings is 1. The number of pyridine rings is 1. The number of anilines is 3. The lowest BCUT2D eigenvalue weighted by Crippen LogP contribution is -2.44. The first-order chi connectivity index (χ1) is 24.6. The summed E-state index contributed by atoms with van der Waals surface area (Å²) < 4.78 is 45.8. The molecule has 51 heavy (non-hydrogen) atoms. The molecular weight excluding hydrogens is 693 g/mol. The average molecular weight is 735 g/mol. The third-order valence-corrected chi connectivity index (χ3v) is 12.1. The number of thiophene rings is 1. The number of nitrogens with one attached hydrogen (secondary N) is 1. The van der Waals surface area contributed by atoms with Crippen molar-refractivity contribution in [2.75, 3.05) is 101 Å². The van der Waals surface area contributed by atoms with Crippen molar-refractivity contribution in [1.29, 1.82) is 0 Å². The van der Waals surface area contributed by atoms with Crippen LogP contribution in [0.4, 0.5) is 17.2 Å². The van der Waals surface area contributed by atoms with Crippen molar-refractivity contribution in [3.8, 4) is 16.2 Å². The van der Waals surface area contributed by atoms with Crippen molar-refractivity contribution in [3.63, 3.8) is 0 Å². The molecule has 0 saturated carbocycles. The highest BCUT2D eigenvalue weighted by Gasteiger charge is 2.30. The van der Waals surface area contributed by atoms with Crippen molar-refractivity contribution in [2.24, 2.45) is 0 Å². The van der Waals surface area contributed by atoms with E-state index in [1.807, 2.05) is 6.07 Å². The summed E-state index contributed by atoms with van der Waals surface area (Å²) in [5.74, 6) is 0.455. The van der Waals surface area contributed by atoms with Gasteiger partial charge in [-0.15, -0.1) is 11.3 Å². The van der Waals surface area contributed by atoms with Crippen LogP contribution in [-0.2, 0) is 19.5 Å². The van der Waals surface area contributed by atoms with E-state index in [0.29, 0.717) is 39.7 Å². The molecule has 6 rings (SSSR count). The minimum absolute atomic E-state index is 0.0169. The monoisotopic (exact) mass is 734 g/mol. The first-order valence-corrected chi connectivity index (χ1v) is 18.9. The predicted octanol–water partition coefficient (Wildman–Crippen LogP) is 4.14. The predicted molar refractivity (Wildman–Crippen MR) is 198 cm³/mol. The van der Waals surface area contributed by atoms with Crippen molar-refractivity contribution < 1.29 is 32.2 Å². The lowest BCUT2D eigenvalue weighted by Gasteiger charge is -2.33. The summed E-state index contributed by atoms with van der Waals surface area (Å²) in [5.41, 5.74) is 1.81. The largest absolute Gasteiger partial charge is 0.492 e. The highest BCUT2D eigenvalue weighted by Crippen LogP contribution is 2.39. The molecular formula is C36H42N6O7S2. The van der Waals surface area contributed by atoms with Crippen LogP contribution in [0.2, 0.25) is 0 Å². The summed E-state index contributed by atoms with van der Waals surface area (Å²) in [7, 11) is 0.616. The number of morpholine rings is 1. The van der Waals surface area contributed by atoms with E-state index < -0.39 is 21.9 Å². The van der Waals surface area contributed by atoms with Crippen LogP contribution in [0.15, 0.2) is 77.8 Å². The standard InChI is InChI=1S/C36H42N6O7S2/c1-39-14-16-42(17-15-39)33-24-27(12-13-37-33)34-32(51(45,46)40(2)29-8-4-26(5-9-29)36(44)47-3)25-31(50-34)35(43)38-28-6-10-30(11-7-28)49-23-20-41-18-21-48-22-19-41/h4-13,24-25H,14-23H2,1-3H3,(H,38,43). The third-order valence-electron chi connectivity index (χ3n) is 8.94. The number of nitrogens with zero attached hydrogens (tertiary/aromatic N) is 5. The van der Waals surface area contributed by atoms with Crippen LogP contribution in [0.3, 0.4) is 0 Å². The first-order valence-electron chi connectivity index (χ1n) is 16.7. The van der Waals surface area contributed by atoms with Gasteiger partial charge < -0.3 is 29.3 Å². The van der Waals surface area contributed by atoms with Crippen LogP contribution < -0.4 is 19.3 Å². The Kier molecular flexibility index (Phi) is 11.5. The van der Waals surface area contributed by atoms with Crippen molar-refractivity contribution in [1.82, 2.24) is 14.8 Å². The molecule has 15 heteroatoms. The summed E-state index contributed by atoms with van der Waals surface area (Å²) in [4.78, 5) is 37.5. The Labute approximate surface area is 302 Å². The molecule has 2 aliphatic heterocycles. The molecule has 1 amide bonds. The molecule has 2 aromatic heterocycles. The third kappa shape index (κ3) is 8.68. The summed E-state index contributed by atoms with van der Waals surface area (Å²) >= 11 is 1.10.